The molecule has 0 N–H and O–H groups in total. The molecule has 3 aromatic rings. The first-order valence-electron chi connectivity index (χ1n) is 5.25. The second kappa shape index (κ2) is 4.05. The molecule has 0 radical (unpaired) electrons. The molecule has 3 rings (SSSR count). The van der Waals surface area contributed by atoms with Gasteiger partial charge in [0.25, 0.3) is 0 Å². The molecule has 0 unspecified atom stereocenters. The summed E-state index contributed by atoms with van der Waals surface area (Å²) in [6, 6.07) is 19.1. The molecule has 2 aromatic carbocycles. The topological polar surface area (TPSA) is 12.9 Å². The monoisotopic (exact) mass is 324 g/mol. The normalized spacial score (nSPS) is 10.8. The van der Waals surface area contributed by atoms with Gasteiger partial charge in [-0.25, -0.2) is 0 Å². The first kappa shape index (κ1) is 10.1. The minimum atomic E-state index is -1.36. The molecule has 0 aliphatic heterocycles. The van der Waals surface area contributed by atoms with Gasteiger partial charge in [0, 0.05) is 0 Å². The standard InChI is InChI=1S/C14H12NTe/c1-16-13-10-6-5-9-12(13)15-14(16)11-7-3-2-4-8-11/h2-10H,1H3/q+1. The predicted molar refractivity (Wildman–Crippen MR) is 69.7 cm³/mol. The number of hydrogen-bond donors (Lipinski definition) is 0. The van der Waals surface area contributed by atoms with Gasteiger partial charge in [-0.1, -0.05) is 0 Å². The summed E-state index contributed by atoms with van der Waals surface area (Å²) in [7, 11) is 0. The van der Waals surface area contributed by atoms with Crippen molar-refractivity contribution in [2.75, 3.05) is 0 Å². The Hall–Kier alpha value is -1.10. The summed E-state index contributed by atoms with van der Waals surface area (Å²) in [6.07, 6.45) is 0. The molecule has 16 heavy (non-hydrogen) atoms. The zero-order chi connectivity index (χ0) is 11.0. The zero-order valence-electron chi connectivity index (χ0n) is 9.05. The molecular formula is C14H12NTe+. The van der Waals surface area contributed by atoms with Gasteiger partial charge in [-0.2, -0.15) is 0 Å². The Morgan fingerprint density at radius 3 is 2.31 bits per heavy atom. The third-order valence-electron chi connectivity index (χ3n) is 2.73. The molecule has 2 heteroatoms. The predicted octanol–water partition coefficient (Wildman–Crippen LogP) is 3.18. The average molecular weight is 322 g/mol. The van der Waals surface area contributed by atoms with Gasteiger partial charge < -0.3 is 0 Å². The SMILES string of the molecule is C[te+]1c(-c2ccccc2)nc2ccccc21. The van der Waals surface area contributed by atoms with E-state index >= 15 is 0 Å². The molecule has 1 heterocycles. The fourth-order valence-electron chi connectivity index (χ4n) is 1.91. The van der Waals surface area contributed by atoms with E-state index in [1.807, 2.05) is 0 Å². The first-order valence-corrected chi connectivity index (χ1v) is 9.91. The van der Waals surface area contributed by atoms with E-state index in [1.165, 1.54) is 18.2 Å². The van der Waals surface area contributed by atoms with Crippen LogP contribution in [0.25, 0.3) is 18.2 Å². The zero-order valence-corrected chi connectivity index (χ0v) is 11.4. The summed E-state index contributed by atoms with van der Waals surface area (Å²) < 4.78 is 2.86. The number of hydrogen-bond acceptors (Lipinski definition) is 1. The van der Waals surface area contributed by atoms with E-state index in [0.29, 0.717) is 0 Å². The van der Waals surface area contributed by atoms with E-state index in [-0.39, 0.29) is 0 Å². The van der Waals surface area contributed by atoms with E-state index in [1.54, 1.807) is 0 Å². The number of nitrogens with zero attached hydrogens (tertiary/aromatic N) is 1. The van der Waals surface area contributed by atoms with Crippen LogP contribution in [-0.2, 0) is 4.97 Å². The van der Waals surface area contributed by atoms with Crippen molar-refractivity contribution in [1.29, 1.82) is 0 Å². The Bertz CT molecular complexity index is 626. The van der Waals surface area contributed by atoms with E-state index in [4.69, 9.17) is 4.98 Å². The van der Waals surface area contributed by atoms with Gasteiger partial charge in [0.05, 0.1) is 0 Å². The molecule has 0 fully saturated rings. The second-order valence-electron chi connectivity index (χ2n) is 3.76. The molecule has 1 nitrogen and oxygen atoms in total. The number of benzene rings is 2. The summed E-state index contributed by atoms with van der Waals surface area (Å²) in [5.41, 5.74) is 2.50. The van der Waals surface area contributed by atoms with Crippen LogP contribution in [0.15, 0.2) is 54.6 Å². The second-order valence-corrected chi connectivity index (χ2v) is 9.03. The number of aryl methyl sites for hydroxylation is 1. The molecule has 0 spiro atoms. The van der Waals surface area contributed by atoms with Gasteiger partial charge >= 0.3 is 102 Å². The van der Waals surface area contributed by atoms with E-state index < -0.39 is 19.1 Å². The number of rotatable bonds is 1. The van der Waals surface area contributed by atoms with Gasteiger partial charge in [0.15, 0.2) is 0 Å². The molecule has 0 saturated carbocycles. The molecule has 0 aliphatic rings. The van der Waals surface area contributed by atoms with Gasteiger partial charge in [-0.05, 0) is 0 Å². The van der Waals surface area contributed by atoms with Gasteiger partial charge in [0.1, 0.15) is 0 Å². The van der Waals surface area contributed by atoms with Crippen LogP contribution in [-0.4, -0.2) is 24.0 Å². The van der Waals surface area contributed by atoms with Crippen molar-refractivity contribution in [3.05, 3.63) is 54.6 Å². The van der Waals surface area contributed by atoms with Gasteiger partial charge in [-0.15, -0.1) is 0 Å². The van der Waals surface area contributed by atoms with E-state index in [0.717, 1.165) is 0 Å². The Labute approximate surface area is 102 Å². The third-order valence-corrected chi connectivity index (χ3v) is 8.18. The fourth-order valence-corrected chi connectivity index (χ4v) is 6.60. The number of para-hydroxylation sites is 1. The van der Waals surface area contributed by atoms with Crippen LogP contribution in [0.1, 0.15) is 0 Å². The molecule has 0 bridgehead atoms. The van der Waals surface area contributed by atoms with Crippen molar-refractivity contribution in [2.45, 2.75) is 0 Å². The number of fused-ring (bicyclic) bond motifs is 1. The Morgan fingerprint density at radius 2 is 1.56 bits per heavy atom. The summed E-state index contributed by atoms with van der Waals surface area (Å²) in [6.45, 7) is 0. The van der Waals surface area contributed by atoms with Crippen LogP contribution in [0.2, 0.25) is 0 Å². The quantitative estimate of drug-likeness (QED) is 0.627. The third kappa shape index (κ3) is 1.59. The van der Waals surface area contributed by atoms with Crippen LogP contribution in [0.5, 0.6) is 0 Å². The maximum absolute atomic E-state index is 4.80. The molecular weight excluding hydrogens is 310 g/mol. The molecule has 1 aromatic heterocycles. The van der Waals surface area contributed by atoms with Crippen LogP contribution in [0.3, 0.4) is 0 Å². The number of aromatic nitrogens is 1. The molecule has 78 valence electrons. The van der Waals surface area contributed by atoms with Crippen molar-refractivity contribution in [2.24, 2.45) is 4.97 Å². The van der Waals surface area contributed by atoms with Crippen LogP contribution < -0.4 is 0 Å². The van der Waals surface area contributed by atoms with Gasteiger partial charge in [-0.3, -0.25) is 0 Å². The maximum atomic E-state index is 4.80. The van der Waals surface area contributed by atoms with Crippen LogP contribution in [0, 0.1) is 0 Å². The van der Waals surface area contributed by atoms with Gasteiger partial charge in [0.2, 0.25) is 0 Å². The Kier molecular flexibility index (Phi) is 2.55. The first-order chi connectivity index (χ1) is 7.86. The molecule has 0 atom stereocenters. The van der Waals surface area contributed by atoms with Crippen LogP contribution >= 0.6 is 0 Å². The minimum absolute atomic E-state index is 1.19. The molecule has 0 saturated heterocycles. The van der Waals surface area contributed by atoms with Crippen molar-refractivity contribution >= 4 is 28.0 Å². The summed E-state index contributed by atoms with van der Waals surface area (Å²) in [5, 5.41) is 0. The Balaban J connectivity index is 2.29. The van der Waals surface area contributed by atoms with Crippen molar-refractivity contribution < 1.29 is 0 Å². The summed E-state index contributed by atoms with van der Waals surface area (Å²) >= 11 is -1.36. The summed E-state index contributed by atoms with van der Waals surface area (Å²) in [5.74, 6) is 0. The van der Waals surface area contributed by atoms with E-state index in [2.05, 4.69) is 59.6 Å². The van der Waals surface area contributed by atoms with Crippen LogP contribution in [0.4, 0.5) is 0 Å². The Morgan fingerprint density at radius 1 is 0.875 bits per heavy atom. The van der Waals surface area contributed by atoms with Crippen molar-refractivity contribution in [3.63, 3.8) is 0 Å². The summed E-state index contributed by atoms with van der Waals surface area (Å²) in [4.78, 5) is 7.18. The van der Waals surface area contributed by atoms with Crippen molar-refractivity contribution in [3.8, 4) is 9.27 Å². The molecule has 0 aliphatic carbocycles. The fraction of sp³-hybridized carbons (Fsp3) is 0.0714. The average Bonchev–Trinajstić information content (AvgIpc) is 2.69. The molecule has 0 amide bonds. The van der Waals surface area contributed by atoms with Crippen molar-refractivity contribution in [1.82, 2.24) is 4.98 Å². The van der Waals surface area contributed by atoms with E-state index in [9.17, 15) is 0 Å².